The Morgan fingerprint density at radius 2 is 2.00 bits per heavy atom. The summed E-state index contributed by atoms with van der Waals surface area (Å²) in [5.74, 6) is 0.424. The second kappa shape index (κ2) is 4.41. The zero-order chi connectivity index (χ0) is 9.97. The molecule has 1 aliphatic carbocycles. The summed E-state index contributed by atoms with van der Waals surface area (Å²) in [5, 5.41) is 0.863. The van der Waals surface area contributed by atoms with Crippen molar-refractivity contribution in [1.29, 1.82) is 0 Å². The van der Waals surface area contributed by atoms with Gasteiger partial charge in [-0.05, 0) is 30.9 Å². The molecular formula is C12H13ClS. The highest BCUT2D eigenvalue weighted by Gasteiger charge is 2.21. The van der Waals surface area contributed by atoms with Gasteiger partial charge >= 0.3 is 0 Å². The van der Waals surface area contributed by atoms with Crippen molar-refractivity contribution >= 4 is 28.7 Å². The van der Waals surface area contributed by atoms with E-state index in [9.17, 15) is 0 Å². The third-order valence-electron chi connectivity index (χ3n) is 2.84. The number of halogens is 1. The Labute approximate surface area is 95.3 Å². The van der Waals surface area contributed by atoms with Crippen molar-refractivity contribution in [3.63, 3.8) is 0 Å². The molecule has 2 rings (SSSR count). The van der Waals surface area contributed by atoms with Gasteiger partial charge in [-0.15, -0.1) is 0 Å². The standard InChI is InChI=1S/C12H13ClS/c13-11-7-3-1-5-9(11)10-6-2-4-8-12(10)14/h1,3,5,7,10H,2,4,6,8H2. The largest absolute Gasteiger partial charge is 0.0890 e. The molecule has 0 spiro atoms. The lowest BCUT2D eigenvalue weighted by molar-refractivity contribution is 0.622. The molecule has 0 nitrogen and oxygen atoms in total. The number of hydrogen-bond acceptors (Lipinski definition) is 1. The van der Waals surface area contributed by atoms with Gasteiger partial charge < -0.3 is 0 Å². The van der Waals surface area contributed by atoms with Crippen molar-refractivity contribution in [1.82, 2.24) is 0 Å². The predicted molar refractivity (Wildman–Crippen MR) is 65.3 cm³/mol. The molecule has 1 atom stereocenters. The van der Waals surface area contributed by atoms with E-state index in [4.69, 9.17) is 23.8 Å². The van der Waals surface area contributed by atoms with Gasteiger partial charge in [-0.25, -0.2) is 0 Å². The van der Waals surface area contributed by atoms with E-state index in [1.807, 2.05) is 18.2 Å². The van der Waals surface area contributed by atoms with Crippen molar-refractivity contribution in [2.45, 2.75) is 31.6 Å². The van der Waals surface area contributed by atoms with Crippen molar-refractivity contribution in [2.24, 2.45) is 0 Å². The first-order chi connectivity index (χ1) is 6.79. The van der Waals surface area contributed by atoms with Gasteiger partial charge in [-0.3, -0.25) is 0 Å². The molecule has 0 N–H and O–H groups in total. The summed E-state index contributed by atoms with van der Waals surface area (Å²) < 4.78 is 0. The zero-order valence-electron chi connectivity index (χ0n) is 8.00. The van der Waals surface area contributed by atoms with Gasteiger partial charge in [-0.1, -0.05) is 48.4 Å². The van der Waals surface area contributed by atoms with Crippen LogP contribution in [0.1, 0.15) is 37.2 Å². The Balaban J connectivity index is 2.29. The summed E-state index contributed by atoms with van der Waals surface area (Å²) in [6.45, 7) is 0. The van der Waals surface area contributed by atoms with Crippen LogP contribution in [0.3, 0.4) is 0 Å². The van der Waals surface area contributed by atoms with Gasteiger partial charge in [0, 0.05) is 15.8 Å². The van der Waals surface area contributed by atoms with Gasteiger partial charge in [0.05, 0.1) is 0 Å². The van der Waals surface area contributed by atoms with Crippen molar-refractivity contribution in [2.75, 3.05) is 0 Å². The first-order valence-corrected chi connectivity index (χ1v) is 5.85. The second-order valence-electron chi connectivity index (χ2n) is 3.79. The highest BCUT2D eigenvalue weighted by atomic mass is 35.5. The summed E-state index contributed by atoms with van der Waals surface area (Å²) in [7, 11) is 0. The molecule has 0 bridgehead atoms. The third kappa shape index (κ3) is 1.99. The van der Waals surface area contributed by atoms with E-state index in [0.29, 0.717) is 5.92 Å². The maximum Gasteiger partial charge on any atom is 0.0444 e. The molecule has 0 aliphatic heterocycles. The molecule has 0 aromatic heterocycles. The molecule has 1 aromatic rings. The van der Waals surface area contributed by atoms with Crippen molar-refractivity contribution in [3.8, 4) is 0 Å². The molecule has 1 unspecified atom stereocenters. The molecule has 1 saturated carbocycles. The van der Waals surface area contributed by atoms with Crippen LogP contribution in [0, 0.1) is 0 Å². The fourth-order valence-corrected chi connectivity index (χ4v) is 2.73. The summed E-state index contributed by atoms with van der Waals surface area (Å²) in [5.41, 5.74) is 1.22. The molecule has 1 fully saturated rings. The van der Waals surface area contributed by atoms with Crippen LogP contribution < -0.4 is 0 Å². The quantitative estimate of drug-likeness (QED) is 0.639. The second-order valence-corrected chi connectivity index (χ2v) is 4.72. The van der Waals surface area contributed by atoms with E-state index in [-0.39, 0.29) is 0 Å². The Bertz CT molecular complexity index is 346. The van der Waals surface area contributed by atoms with E-state index in [1.165, 1.54) is 29.7 Å². The highest BCUT2D eigenvalue weighted by molar-refractivity contribution is 7.80. The van der Waals surface area contributed by atoms with Crippen LogP contribution in [-0.2, 0) is 0 Å². The molecule has 1 aliphatic rings. The topological polar surface area (TPSA) is 0 Å². The first-order valence-electron chi connectivity index (χ1n) is 5.06. The lowest BCUT2D eigenvalue weighted by atomic mass is 9.84. The minimum atomic E-state index is 0.424. The molecule has 0 heterocycles. The SMILES string of the molecule is S=C1CCCCC1c1ccccc1Cl. The van der Waals surface area contributed by atoms with E-state index in [2.05, 4.69) is 6.07 Å². The zero-order valence-corrected chi connectivity index (χ0v) is 9.57. The molecule has 14 heavy (non-hydrogen) atoms. The minimum Gasteiger partial charge on any atom is -0.0890 e. The summed E-state index contributed by atoms with van der Waals surface area (Å²) in [6, 6.07) is 8.06. The maximum atomic E-state index is 6.16. The van der Waals surface area contributed by atoms with E-state index in [0.717, 1.165) is 11.4 Å². The van der Waals surface area contributed by atoms with Crippen molar-refractivity contribution in [3.05, 3.63) is 34.9 Å². The minimum absolute atomic E-state index is 0.424. The summed E-state index contributed by atoms with van der Waals surface area (Å²) in [4.78, 5) is 1.18. The van der Waals surface area contributed by atoms with Gasteiger partial charge in [0.15, 0.2) is 0 Å². The van der Waals surface area contributed by atoms with E-state index < -0.39 is 0 Å². The summed E-state index contributed by atoms with van der Waals surface area (Å²) >= 11 is 11.6. The molecule has 0 radical (unpaired) electrons. The fourth-order valence-electron chi connectivity index (χ4n) is 2.07. The smallest absolute Gasteiger partial charge is 0.0444 e. The average Bonchev–Trinajstić information content (AvgIpc) is 2.20. The monoisotopic (exact) mass is 224 g/mol. The van der Waals surface area contributed by atoms with E-state index in [1.54, 1.807) is 0 Å². The number of benzene rings is 1. The normalized spacial score (nSPS) is 22.4. The molecule has 74 valence electrons. The highest BCUT2D eigenvalue weighted by Crippen LogP contribution is 2.34. The van der Waals surface area contributed by atoms with Crippen LogP contribution >= 0.6 is 23.8 Å². The Kier molecular flexibility index (Phi) is 3.19. The molecule has 2 heteroatoms. The lowest BCUT2D eigenvalue weighted by Crippen LogP contribution is -2.15. The maximum absolute atomic E-state index is 6.16. The van der Waals surface area contributed by atoms with E-state index >= 15 is 0 Å². The fraction of sp³-hybridized carbons (Fsp3) is 0.417. The third-order valence-corrected chi connectivity index (χ3v) is 3.67. The van der Waals surface area contributed by atoms with Crippen LogP contribution in [0.2, 0.25) is 5.02 Å². The molecule has 1 aromatic carbocycles. The van der Waals surface area contributed by atoms with Crippen LogP contribution in [0.5, 0.6) is 0 Å². The Morgan fingerprint density at radius 3 is 2.71 bits per heavy atom. The first kappa shape index (κ1) is 10.1. The lowest BCUT2D eigenvalue weighted by Gasteiger charge is -2.24. The predicted octanol–water partition coefficient (Wildman–Crippen LogP) is 4.37. The van der Waals surface area contributed by atoms with Gasteiger partial charge in [-0.2, -0.15) is 0 Å². The Hall–Kier alpha value is -0.400. The van der Waals surface area contributed by atoms with Gasteiger partial charge in [0.2, 0.25) is 0 Å². The van der Waals surface area contributed by atoms with Gasteiger partial charge in [0.25, 0.3) is 0 Å². The number of thiocarbonyl (C=S) groups is 1. The number of rotatable bonds is 1. The Morgan fingerprint density at radius 1 is 1.21 bits per heavy atom. The van der Waals surface area contributed by atoms with Crippen LogP contribution in [0.4, 0.5) is 0 Å². The summed E-state index contributed by atoms with van der Waals surface area (Å²) in [6.07, 6.45) is 4.78. The van der Waals surface area contributed by atoms with Crippen molar-refractivity contribution < 1.29 is 0 Å². The van der Waals surface area contributed by atoms with Crippen LogP contribution in [0.25, 0.3) is 0 Å². The van der Waals surface area contributed by atoms with Gasteiger partial charge in [0.1, 0.15) is 0 Å². The molecular weight excluding hydrogens is 212 g/mol. The number of hydrogen-bond donors (Lipinski definition) is 0. The average molecular weight is 225 g/mol. The van der Waals surface area contributed by atoms with Crippen LogP contribution in [-0.4, -0.2) is 4.86 Å². The molecule has 0 amide bonds. The molecule has 0 saturated heterocycles. The van der Waals surface area contributed by atoms with Crippen LogP contribution in [0.15, 0.2) is 24.3 Å².